The van der Waals surface area contributed by atoms with Gasteiger partial charge >= 0.3 is 5.97 Å². The van der Waals surface area contributed by atoms with Gasteiger partial charge in [-0.25, -0.2) is 14.2 Å². The topological polar surface area (TPSA) is 124 Å². The molecule has 0 radical (unpaired) electrons. The molecule has 11 heteroatoms. The number of halogens is 2. The molecule has 0 aliphatic carbocycles. The zero-order chi connectivity index (χ0) is 25.6. The predicted octanol–water partition coefficient (Wildman–Crippen LogP) is 4.67. The average molecular weight is 530 g/mol. The quantitative estimate of drug-likeness (QED) is 0.224. The van der Waals surface area contributed by atoms with Crippen molar-refractivity contribution in [1.29, 1.82) is 0 Å². The number of ether oxygens (including phenoxy) is 1. The second-order valence-corrected chi connectivity index (χ2v) is 9.54. The first-order chi connectivity index (χ1) is 17.3. The van der Waals surface area contributed by atoms with E-state index < -0.39 is 22.8 Å². The molecular formula is C26H29ClFN5O4. The Morgan fingerprint density at radius 3 is 2.84 bits per heavy atom. The fraction of sp³-hybridized carbons (Fsp3) is 0.346. The third-order valence-electron chi connectivity index (χ3n) is 6.59. The molecule has 196 valence electrons. The third kappa shape index (κ3) is 4.57. The van der Waals surface area contributed by atoms with E-state index in [9.17, 15) is 14.7 Å². The normalized spacial score (nSPS) is 14.5. The van der Waals surface area contributed by atoms with Crippen molar-refractivity contribution < 1.29 is 19.0 Å². The van der Waals surface area contributed by atoms with Gasteiger partial charge in [0.25, 0.3) is 0 Å². The fourth-order valence-corrected chi connectivity index (χ4v) is 4.95. The Morgan fingerprint density at radius 1 is 1.35 bits per heavy atom. The van der Waals surface area contributed by atoms with Gasteiger partial charge in [0.1, 0.15) is 17.9 Å². The van der Waals surface area contributed by atoms with Gasteiger partial charge in [-0.3, -0.25) is 4.79 Å². The zero-order valence-electron chi connectivity index (χ0n) is 20.5. The first-order valence-corrected chi connectivity index (χ1v) is 12.0. The van der Waals surface area contributed by atoms with Crippen LogP contribution >= 0.6 is 12.4 Å². The highest BCUT2D eigenvalue weighted by Gasteiger charge is 2.32. The van der Waals surface area contributed by atoms with E-state index in [1.807, 2.05) is 42.7 Å². The number of imidazole rings is 1. The number of nitrogens with one attached hydrogen (secondary N) is 1. The molecule has 1 aliphatic heterocycles. The number of rotatable bonds is 8. The summed E-state index contributed by atoms with van der Waals surface area (Å²) < 4.78 is 25.2. The molecule has 1 atom stereocenters. The molecule has 2 aromatic carbocycles. The van der Waals surface area contributed by atoms with Crippen molar-refractivity contribution in [3.8, 4) is 5.75 Å². The maximum atomic E-state index is 15.5. The molecule has 0 unspecified atom stereocenters. The van der Waals surface area contributed by atoms with Crippen LogP contribution in [0.4, 0.5) is 15.8 Å². The van der Waals surface area contributed by atoms with E-state index in [2.05, 4.69) is 10.3 Å². The smallest absolute Gasteiger partial charge is 0.341 e. The molecule has 2 aromatic heterocycles. The Balaban J connectivity index is 0.00000320. The van der Waals surface area contributed by atoms with Crippen molar-refractivity contribution in [2.45, 2.75) is 39.3 Å². The van der Waals surface area contributed by atoms with Crippen molar-refractivity contribution >= 4 is 51.7 Å². The first-order valence-electron chi connectivity index (χ1n) is 12.0. The van der Waals surface area contributed by atoms with E-state index in [-0.39, 0.29) is 53.5 Å². The highest BCUT2D eigenvalue weighted by Crippen LogP contribution is 2.44. The Morgan fingerprint density at radius 2 is 2.11 bits per heavy atom. The second-order valence-electron chi connectivity index (χ2n) is 9.54. The summed E-state index contributed by atoms with van der Waals surface area (Å²) in [5, 5.41) is 12.5. The minimum atomic E-state index is -1.38. The molecule has 5 rings (SSSR count). The van der Waals surface area contributed by atoms with Gasteiger partial charge in [-0.2, -0.15) is 0 Å². The number of hydrogen-bond donors (Lipinski definition) is 3. The number of benzene rings is 2. The van der Waals surface area contributed by atoms with Crippen molar-refractivity contribution in [1.82, 2.24) is 14.1 Å². The number of anilines is 2. The number of para-hydroxylation sites is 2. The third-order valence-corrected chi connectivity index (χ3v) is 6.59. The lowest BCUT2D eigenvalue weighted by Crippen LogP contribution is -2.30. The zero-order valence-corrected chi connectivity index (χ0v) is 21.3. The Hall–Kier alpha value is -3.79. The molecule has 4 aromatic rings. The lowest BCUT2D eigenvalue weighted by molar-refractivity contribution is 0.0694. The Labute approximate surface area is 218 Å². The summed E-state index contributed by atoms with van der Waals surface area (Å²) in [5.74, 6) is -1.73. The van der Waals surface area contributed by atoms with Crippen LogP contribution < -0.4 is 21.2 Å². The van der Waals surface area contributed by atoms with E-state index in [1.165, 1.54) is 6.20 Å². The molecule has 0 fully saturated rings. The number of carboxylic acids is 1. The van der Waals surface area contributed by atoms with Crippen molar-refractivity contribution in [2.75, 3.05) is 24.2 Å². The summed E-state index contributed by atoms with van der Waals surface area (Å²) in [7, 11) is 0. The lowest BCUT2D eigenvalue weighted by atomic mass is 9.99. The first kappa shape index (κ1) is 26.3. The minimum Gasteiger partial charge on any atom is -0.487 e. The Kier molecular flexibility index (Phi) is 7.31. The van der Waals surface area contributed by atoms with E-state index in [4.69, 9.17) is 10.5 Å². The molecule has 4 N–H and O–H groups in total. The van der Waals surface area contributed by atoms with Crippen molar-refractivity contribution in [3.63, 3.8) is 0 Å². The van der Waals surface area contributed by atoms with Crippen LogP contribution in [0.15, 0.2) is 41.6 Å². The van der Waals surface area contributed by atoms with Gasteiger partial charge in [-0.05, 0) is 30.9 Å². The molecule has 0 bridgehead atoms. The number of pyridine rings is 1. The summed E-state index contributed by atoms with van der Waals surface area (Å²) in [6.07, 6.45) is 4.46. The molecule has 0 spiro atoms. The van der Waals surface area contributed by atoms with Crippen LogP contribution in [-0.2, 0) is 6.54 Å². The molecule has 0 saturated heterocycles. The van der Waals surface area contributed by atoms with Gasteiger partial charge in [0.2, 0.25) is 5.43 Å². The van der Waals surface area contributed by atoms with E-state index in [0.717, 1.165) is 11.0 Å². The predicted molar refractivity (Wildman–Crippen MR) is 144 cm³/mol. The van der Waals surface area contributed by atoms with E-state index >= 15 is 4.39 Å². The number of nitrogens with zero attached hydrogens (tertiary/aromatic N) is 3. The number of aromatic carboxylic acids is 1. The van der Waals surface area contributed by atoms with Crippen molar-refractivity contribution in [3.05, 3.63) is 58.4 Å². The van der Waals surface area contributed by atoms with Gasteiger partial charge in [0, 0.05) is 19.3 Å². The van der Waals surface area contributed by atoms with Crippen LogP contribution in [-0.4, -0.2) is 38.3 Å². The largest absolute Gasteiger partial charge is 0.487 e. The van der Waals surface area contributed by atoms with Crippen LogP contribution in [0.3, 0.4) is 0 Å². The SMILES string of the molecule is CC(C)C[C@H]1COc2c(NCCCn3cnc4ccccc43)c(F)c(N)c3c(=O)c(C(=O)O)cn1c23.Cl. The van der Waals surface area contributed by atoms with Crippen LogP contribution in [0, 0.1) is 11.7 Å². The van der Waals surface area contributed by atoms with Gasteiger partial charge < -0.3 is 30.0 Å². The summed E-state index contributed by atoms with van der Waals surface area (Å²) >= 11 is 0. The van der Waals surface area contributed by atoms with Gasteiger partial charge in [-0.15, -0.1) is 12.4 Å². The van der Waals surface area contributed by atoms with Crippen LogP contribution in [0.2, 0.25) is 0 Å². The Bertz CT molecular complexity index is 1550. The molecule has 1 aliphatic rings. The highest BCUT2D eigenvalue weighted by molar-refractivity contribution is 6.03. The van der Waals surface area contributed by atoms with Crippen LogP contribution in [0.25, 0.3) is 21.9 Å². The van der Waals surface area contributed by atoms with Crippen LogP contribution in [0.5, 0.6) is 5.75 Å². The van der Waals surface area contributed by atoms with Crippen LogP contribution in [0.1, 0.15) is 43.1 Å². The molecule has 3 heterocycles. The summed E-state index contributed by atoms with van der Waals surface area (Å²) in [5.41, 5.74) is 6.79. The average Bonchev–Trinajstić information content (AvgIpc) is 3.25. The number of aryl methyl sites for hydroxylation is 1. The van der Waals surface area contributed by atoms with Gasteiger partial charge in [0.15, 0.2) is 11.6 Å². The minimum absolute atomic E-state index is 0. The number of fused-ring (bicyclic) bond motifs is 1. The maximum absolute atomic E-state index is 15.5. The standard InChI is InChI=1S/C26H28FN5O4.ClH/c1-14(2)10-15-12-36-25-22(29-8-5-9-31-13-30-17-6-3-4-7-18(17)31)20(27)21(28)19-23(25)32(15)11-16(24(19)33)26(34)35;/h3-4,6-7,11,13-15,29H,5,8-10,12,28H2,1-2H3,(H,34,35);1H/t15-;/m0./s1. The lowest BCUT2D eigenvalue weighted by Gasteiger charge is -2.32. The summed E-state index contributed by atoms with van der Waals surface area (Å²) in [6, 6.07) is 7.61. The number of nitrogen functional groups attached to an aromatic ring is 1. The maximum Gasteiger partial charge on any atom is 0.341 e. The molecule has 9 nitrogen and oxygen atoms in total. The summed E-state index contributed by atoms with van der Waals surface area (Å²) in [6.45, 7) is 5.39. The fourth-order valence-electron chi connectivity index (χ4n) is 4.95. The molecular weight excluding hydrogens is 501 g/mol. The van der Waals surface area contributed by atoms with Crippen molar-refractivity contribution in [2.24, 2.45) is 5.92 Å². The van der Waals surface area contributed by atoms with E-state index in [0.29, 0.717) is 31.4 Å². The molecule has 37 heavy (non-hydrogen) atoms. The molecule has 0 amide bonds. The van der Waals surface area contributed by atoms with Gasteiger partial charge in [-0.1, -0.05) is 26.0 Å². The van der Waals surface area contributed by atoms with E-state index in [1.54, 1.807) is 10.9 Å². The number of carboxylic acid groups (broad SMARTS) is 1. The van der Waals surface area contributed by atoms with Gasteiger partial charge in [0.05, 0.1) is 40.0 Å². The second kappa shape index (κ2) is 10.3. The number of carbonyl (C=O) groups is 1. The number of nitrogens with two attached hydrogens (primary N) is 1. The monoisotopic (exact) mass is 529 g/mol. The number of hydrogen-bond acceptors (Lipinski definition) is 6. The summed E-state index contributed by atoms with van der Waals surface area (Å²) in [4.78, 5) is 29.2. The molecule has 0 saturated carbocycles. The number of aromatic nitrogens is 3. The highest BCUT2D eigenvalue weighted by atomic mass is 35.5.